The van der Waals surface area contributed by atoms with Crippen molar-refractivity contribution in [1.29, 1.82) is 0 Å². The molecule has 2 saturated heterocycles. The Labute approximate surface area is 127 Å². The van der Waals surface area contributed by atoms with Gasteiger partial charge in [0.15, 0.2) is 0 Å². The summed E-state index contributed by atoms with van der Waals surface area (Å²) in [6.07, 6.45) is 6.17. The van der Waals surface area contributed by atoms with Crippen LogP contribution in [0, 0.1) is 12.8 Å². The lowest BCUT2D eigenvalue weighted by atomic mass is 9.76. The fourth-order valence-corrected chi connectivity index (χ4v) is 3.91. The molecule has 3 rings (SSSR count). The molecule has 2 atom stereocenters. The molecule has 3 heterocycles. The predicted molar refractivity (Wildman–Crippen MR) is 82.2 cm³/mol. The first-order valence-corrected chi connectivity index (χ1v) is 8.05. The number of nitrogens with one attached hydrogen (secondary N) is 1. The summed E-state index contributed by atoms with van der Waals surface area (Å²) < 4.78 is 11.7. The topological polar surface area (TPSA) is 43.4 Å². The van der Waals surface area contributed by atoms with Gasteiger partial charge in [0.1, 0.15) is 0 Å². The highest BCUT2D eigenvalue weighted by Gasteiger charge is 2.41. The quantitative estimate of drug-likeness (QED) is 0.929. The van der Waals surface area contributed by atoms with Crippen LogP contribution in [-0.2, 0) is 9.47 Å². The Morgan fingerprint density at radius 3 is 2.86 bits per heavy atom. The Morgan fingerprint density at radius 2 is 2.14 bits per heavy atom. The average molecular weight is 290 g/mol. The fraction of sp³-hybridized carbons (Fsp3) is 0.706. The molecule has 1 aromatic rings. The van der Waals surface area contributed by atoms with E-state index in [1.54, 1.807) is 0 Å². The standard InChI is InChI=1S/C17H26N2O2/c1-13-15(4-3-8-19-13)16(18-2)14-5-9-21-17(12-14)6-10-20-11-7-17/h3-4,8,14,16,18H,5-7,9-12H2,1-2H3. The minimum Gasteiger partial charge on any atom is -0.381 e. The Morgan fingerprint density at radius 1 is 1.33 bits per heavy atom. The van der Waals surface area contributed by atoms with Crippen LogP contribution in [0.1, 0.15) is 43.0 Å². The van der Waals surface area contributed by atoms with Gasteiger partial charge in [0, 0.05) is 37.8 Å². The number of hydrogen-bond acceptors (Lipinski definition) is 4. The molecule has 4 heteroatoms. The molecule has 116 valence electrons. The molecule has 0 saturated carbocycles. The molecular formula is C17H26N2O2. The van der Waals surface area contributed by atoms with Gasteiger partial charge in [-0.3, -0.25) is 4.98 Å². The number of pyridine rings is 1. The zero-order valence-corrected chi connectivity index (χ0v) is 13.1. The number of aryl methyl sites for hydroxylation is 1. The first-order valence-electron chi connectivity index (χ1n) is 8.05. The zero-order valence-electron chi connectivity index (χ0n) is 13.1. The van der Waals surface area contributed by atoms with Gasteiger partial charge in [-0.2, -0.15) is 0 Å². The van der Waals surface area contributed by atoms with Crippen molar-refractivity contribution < 1.29 is 9.47 Å². The summed E-state index contributed by atoms with van der Waals surface area (Å²) in [5.41, 5.74) is 2.50. The maximum atomic E-state index is 6.17. The molecule has 0 amide bonds. The normalized spacial score (nSPS) is 26.7. The lowest BCUT2D eigenvalue weighted by Gasteiger charge is -2.45. The van der Waals surface area contributed by atoms with E-state index < -0.39 is 0 Å². The van der Waals surface area contributed by atoms with Gasteiger partial charge in [-0.1, -0.05) is 6.07 Å². The maximum absolute atomic E-state index is 6.17. The summed E-state index contributed by atoms with van der Waals surface area (Å²) in [6.45, 7) is 4.64. The highest BCUT2D eigenvalue weighted by atomic mass is 16.5. The maximum Gasteiger partial charge on any atom is 0.0729 e. The van der Waals surface area contributed by atoms with Crippen LogP contribution >= 0.6 is 0 Å². The first kappa shape index (κ1) is 14.9. The Bertz CT molecular complexity index is 466. The van der Waals surface area contributed by atoms with E-state index >= 15 is 0 Å². The monoisotopic (exact) mass is 290 g/mol. The second kappa shape index (κ2) is 6.42. The second-order valence-electron chi connectivity index (χ2n) is 6.34. The molecule has 1 aromatic heterocycles. The van der Waals surface area contributed by atoms with Gasteiger partial charge in [-0.05, 0) is 57.2 Å². The van der Waals surface area contributed by atoms with Crippen molar-refractivity contribution in [1.82, 2.24) is 10.3 Å². The molecule has 0 bridgehead atoms. The van der Waals surface area contributed by atoms with Gasteiger partial charge >= 0.3 is 0 Å². The van der Waals surface area contributed by atoms with Crippen molar-refractivity contribution in [2.24, 2.45) is 5.92 Å². The largest absolute Gasteiger partial charge is 0.381 e. The van der Waals surface area contributed by atoms with Gasteiger partial charge in [0.05, 0.1) is 5.60 Å². The number of rotatable bonds is 3. The van der Waals surface area contributed by atoms with E-state index in [2.05, 4.69) is 30.3 Å². The molecule has 0 aliphatic carbocycles. The molecule has 2 unspecified atom stereocenters. The van der Waals surface area contributed by atoms with Crippen molar-refractivity contribution in [2.75, 3.05) is 26.9 Å². The smallest absolute Gasteiger partial charge is 0.0729 e. The molecule has 1 N–H and O–H groups in total. The first-order chi connectivity index (χ1) is 10.2. The van der Waals surface area contributed by atoms with Crippen LogP contribution in [0.2, 0.25) is 0 Å². The lowest BCUT2D eigenvalue weighted by molar-refractivity contribution is -0.150. The van der Waals surface area contributed by atoms with Crippen LogP contribution in [0.3, 0.4) is 0 Å². The van der Waals surface area contributed by atoms with Crippen LogP contribution < -0.4 is 5.32 Å². The highest BCUT2D eigenvalue weighted by Crippen LogP contribution is 2.42. The third-order valence-corrected chi connectivity index (χ3v) is 5.10. The summed E-state index contributed by atoms with van der Waals surface area (Å²) in [4.78, 5) is 4.46. The molecule has 0 radical (unpaired) electrons. The summed E-state index contributed by atoms with van der Waals surface area (Å²) in [5.74, 6) is 0.602. The summed E-state index contributed by atoms with van der Waals surface area (Å²) >= 11 is 0. The van der Waals surface area contributed by atoms with Gasteiger partial charge in [0.25, 0.3) is 0 Å². The van der Waals surface area contributed by atoms with Gasteiger partial charge in [-0.25, -0.2) is 0 Å². The van der Waals surface area contributed by atoms with E-state index in [9.17, 15) is 0 Å². The molecular weight excluding hydrogens is 264 g/mol. The van der Waals surface area contributed by atoms with Crippen molar-refractivity contribution in [2.45, 2.75) is 44.2 Å². The van der Waals surface area contributed by atoms with Crippen LogP contribution in [0.25, 0.3) is 0 Å². The van der Waals surface area contributed by atoms with Gasteiger partial charge in [0.2, 0.25) is 0 Å². The Kier molecular flexibility index (Phi) is 4.57. The zero-order chi connectivity index (χ0) is 14.7. The SMILES string of the molecule is CNC(c1cccnc1C)C1CCOC2(CCOCC2)C1. The third kappa shape index (κ3) is 3.12. The number of aromatic nitrogens is 1. The average Bonchev–Trinajstić information content (AvgIpc) is 2.51. The van der Waals surface area contributed by atoms with E-state index in [0.717, 1.165) is 51.2 Å². The molecule has 2 aliphatic heterocycles. The van der Waals surface area contributed by atoms with Crippen molar-refractivity contribution in [3.8, 4) is 0 Å². The predicted octanol–water partition coefficient (Wildman–Crippen LogP) is 2.63. The van der Waals surface area contributed by atoms with E-state index in [-0.39, 0.29) is 5.60 Å². The van der Waals surface area contributed by atoms with Crippen LogP contribution in [0.5, 0.6) is 0 Å². The highest BCUT2D eigenvalue weighted by molar-refractivity contribution is 5.23. The van der Waals surface area contributed by atoms with E-state index in [1.165, 1.54) is 5.56 Å². The van der Waals surface area contributed by atoms with Crippen LogP contribution in [0.4, 0.5) is 0 Å². The van der Waals surface area contributed by atoms with E-state index in [1.807, 2.05) is 12.3 Å². The van der Waals surface area contributed by atoms with E-state index in [4.69, 9.17) is 9.47 Å². The lowest BCUT2D eigenvalue weighted by Crippen LogP contribution is -2.46. The fourth-order valence-electron chi connectivity index (χ4n) is 3.91. The second-order valence-corrected chi connectivity index (χ2v) is 6.34. The minimum atomic E-state index is 0.0480. The van der Waals surface area contributed by atoms with Crippen molar-refractivity contribution >= 4 is 0 Å². The molecule has 2 fully saturated rings. The van der Waals surface area contributed by atoms with Crippen LogP contribution in [0.15, 0.2) is 18.3 Å². The number of ether oxygens (including phenoxy) is 2. The van der Waals surface area contributed by atoms with Gasteiger partial charge in [-0.15, -0.1) is 0 Å². The number of nitrogens with zero attached hydrogens (tertiary/aromatic N) is 1. The third-order valence-electron chi connectivity index (χ3n) is 5.10. The molecule has 4 nitrogen and oxygen atoms in total. The van der Waals surface area contributed by atoms with Gasteiger partial charge < -0.3 is 14.8 Å². The molecule has 2 aliphatic rings. The summed E-state index contributed by atoms with van der Waals surface area (Å²) in [7, 11) is 2.06. The number of hydrogen-bond donors (Lipinski definition) is 1. The summed E-state index contributed by atoms with van der Waals surface area (Å²) in [5, 5.41) is 3.52. The Balaban J connectivity index is 1.79. The molecule has 1 spiro atoms. The Hall–Kier alpha value is -0.970. The molecule has 0 aromatic carbocycles. The van der Waals surface area contributed by atoms with Crippen molar-refractivity contribution in [3.05, 3.63) is 29.6 Å². The van der Waals surface area contributed by atoms with Crippen molar-refractivity contribution in [3.63, 3.8) is 0 Å². The molecule has 21 heavy (non-hydrogen) atoms. The summed E-state index contributed by atoms with van der Waals surface area (Å²) in [6, 6.07) is 4.61. The van der Waals surface area contributed by atoms with E-state index in [0.29, 0.717) is 12.0 Å². The minimum absolute atomic E-state index is 0.0480. The van der Waals surface area contributed by atoms with Crippen LogP contribution in [-0.4, -0.2) is 37.5 Å².